The van der Waals surface area contributed by atoms with Gasteiger partial charge in [-0.05, 0) is 48.9 Å². The molecule has 0 atom stereocenters. The number of nitrogens with one attached hydrogen (secondary N) is 1. The summed E-state index contributed by atoms with van der Waals surface area (Å²) < 4.78 is 11.5. The van der Waals surface area contributed by atoms with E-state index < -0.39 is 0 Å². The van der Waals surface area contributed by atoms with Crippen LogP contribution in [-0.4, -0.2) is 17.5 Å². The summed E-state index contributed by atoms with van der Waals surface area (Å²) in [4.78, 5) is 29.2. The maximum Gasteiger partial charge on any atom is 0.258 e. The minimum atomic E-state index is -0.276. The predicted octanol–water partition coefficient (Wildman–Crippen LogP) is 4.51. The third kappa shape index (κ3) is 4.75. The highest BCUT2D eigenvalue weighted by Gasteiger charge is 2.14. The smallest absolute Gasteiger partial charge is 0.258 e. The second-order valence-corrected chi connectivity index (χ2v) is 7.35. The van der Waals surface area contributed by atoms with Crippen molar-refractivity contribution in [1.82, 2.24) is 10.3 Å². The van der Waals surface area contributed by atoms with Crippen molar-refractivity contribution in [3.63, 3.8) is 0 Å². The number of nitrogens with zero attached hydrogens (tertiary/aromatic N) is 1. The molecule has 4 aromatic rings. The van der Waals surface area contributed by atoms with Gasteiger partial charge in [0, 0.05) is 17.3 Å². The number of carbonyl (C=O) groups excluding carboxylic acids is 1. The van der Waals surface area contributed by atoms with Crippen LogP contribution in [-0.2, 0) is 11.3 Å². The van der Waals surface area contributed by atoms with E-state index >= 15 is 0 Å². The number of fused-ring (bicyclic) bond motifs is 1. The van der Waals surface area contributed by atoms with Gasteiger partial charge in [0.15, 0.2) is 6.61 Å². The summed E-state index contributed by atoms with van der Waals surface area (Å²) in [5, 5.41) is 3.77. The van der Waals surface area contributed by atoms with Gasteiger partial charge in [0.05, 0.1) is 23.2 Å². The van der Waals surface area contributed by atoms with E-state index in [0.717, 1.165) is 11.3 Å². The van der Waals surface area contributed by atoms with Crippen LogP contribution in [0.1, 0.15) is 11.5 Å². The average molecular weight is 435 g/mol. The van der Waals surface area contributed by atoms with Crippen molar-refractivity contribution < 1.29 is 13.9 Å². The molecule has 4 rings (SSSR count). The molecule has 1 N–H and O–H groups in total. The maximum atomic E-state index is 13.0. The average Bonchev–Trinajstić information content (AvgIpc) is 2.78. The van der Waals surface area contributed by atoms with Crippen molar-refractivity contribution in [2.24, 2.45) is 0 Å². The zero-order chi connectivity index (χ0) is 21.8. The van der Waals surface area contributed by atoms with Crippen molar-refractivity contribution in [3.05, 3.63) is 93.6 Å². The zero-order valence-electron chi connectivity index (χ0n) is 16.7. The lowest BCUT2D eigenvalue weighted by molar-refractivity contribution is -0.123. The molecular formula is C24H19ClN2O4. The van der Waals surface area contributed by atoms with Crippen LogP contribution in [0.25, 0.3) is 22.1 Å². The quantitative estimate of drug-likeness (QED) is 0.482. The molecule has 0 aliphatic rings. The van der Waals surface area contributed by atoms with Crippen LogP contribution >= 0.6 is 11.6 Å². The molecule has 31 heavy (non-hydrogen) atoms. The molecule has 0 spiro atoms. The summed E-state index contributed by atoms with van der Waals surface area (Å²) in [6, 6.07) is 17.4. The summed E-state index contributed by atoms with van der Waals surface area (Å²) in [6.07, 6.45) is 1.67. The van der Waals surface area contributed by atoms with Gasteiger partial charge >= 0.3 is 0 Å². The number of hydrogen-bond acceptors (Lipinski definition) is 5. The van der Waals surface area contributed by atoms with E-state index in [1.165, 1.54) is 0 Å². The molecule has 7 heteroatoms. The standard InChI is InChI=1S/C24H19ClN2O4/c1-15-23(16-5-7-17(25)8-6-16)24(29)20-10-9-19(12-21(20)31-15)30-14-22(28)27-13-18-4-2-3-11-26-18/h2-12H,13-14H2,1H3,(H,27,28). The van der Waals surface area contributed by atoms with E-state index in [9.17, 15) is 9.59 Å². The Balaban J connectivity index is 1.49. The van der Waals surface area contributed by atoms with Crippen molar-refractivity contribution in [3.8, 4) is 16.9 Å². The lowest BCUT2D eigenvalue weighted by Crippen LogP contribution is -2.28. The molecule has 0 saturated heterocycles. The SMILES string of the molecule is Cc1oc2cc(OCC(=O)NCc3ccccn3)ccc2c(=O)c1-c1ccc(Cl)cc1. The monoisotopic (exact) mass is 434 g/mol. The molecule has 156 valence electrons. The number of aromatic nitrogens is 1. The Morgan fingerprint density at radius 1 is 1.13 bits per heavy atom. The van der Waals surface area contributed by atoms with Crippen LogP contribution in [0.4, 0.5) is 0 Å². The van der Waals surface area contributed by atoms with E-state index in [1.54, 1.807) is 55.6 Å². The highest BCUT2D eigenvalue weighted by molar-refractivity contribution is 6.30. The van der Waals surface area contributed by atoms with E-state index in [2.05, 4.69) is 10.3 Å². The van der Waals surface area contributed by atoms with Gasteiger partial charge in [-0.25, -0.2) is 0 Å². The summed E-state index contributed by atoms with van der Waals surface area (Å²) in [6.45, 7) is 1.90. The Kier molecular flexibility index (Phi) is 6.00. The number of pyridine rings is 1. The van der Waals surface area contributed by atoms with Crippen LogP contribution in [0.2, 0.25) is 5.02 Å². The second kappa shape index (κ2) is 9.02. The Morgan fingerprint density at radius 2 is 1.94 bits per heavy atom. The predicted molar refractivity (Wildman–Crippen MR) is 119 cm³/mol. The highest BCUT2D eigenvalue weighted by Crippen LogP contribution is 2.27. The van der Waals surface area contributed by atoms with E-state index in [4.69, 9.17) is 20.8 Å². The number of hydrogen-bond donors (Lipinski definition) is 1. The Morgan fingerprint density at radius 3 is 2.68 bits per heavy atom. The van der Waals surface area contributed by atoms with Gasteiger partial charge in [-0.2, -0.15) is 0 Å². The summed E-state index contributed by atoms with van der Waals surface area (Å²) in [5.41, 5.74) is 2.25. The largest absolute Gasteiger partial charge is 0.484 e. The first kappa shape index (κ1) is 20.6. The first-order valence-electron chi connectivity index (χ1n) is 9.64. The maximum absolute atomic E-state index is 13.0. The first-order valence-corrected chi connectivity index (χ1v) is 10.0. The number of rotatable bonds is 6. The third-order valence-electron chi connectivity index (χ3n) is 4.74. The summed E-state index contributed by atoms with van der Waals surface area (Å²) in [7, 11) is 0. The number of amides is 1. The normalized spacial score (nSPS) is 10.8. The molecule has 2 aromatic heterocycles. The fourth-order valence-electron chi connectivity index (χ4n) is 3.22. The molecule has 1 amide bonds. The van der Waals surface area contributed by atoms with Crippen LogP contribution < -0.4 is 15.5 Å². The third-order valence-corrected chi connectivity index (χ3v) is 4.99. The van der Waals surface area contributed by atoms with Gasteiger partial charge in [-0.1, -0.05) is 29.8 Å². The lowest BCUT2D eigenvalue weighted by atomic mass is 10.0. The van der Waals surface area contributed by atoms with Gasteiger partial charge in [-0.15, -0.1) is 0 Å². The van der Waals surface area contributed by atoms with Gasteiger partial charge in [0.2, 0.25) is 5.43 Å². The second-order valence-electron chi connectivity index (χ2n) is 6.91. The fourth-order valence-corrected chi connectivity index (χ4v) is 3.34. The van der Waals surface area contributed by atoms with E-state index in [0.29, 0.717) is 39.6 Å². The van der Waals surface area contributed by atoms with Gasteiger partial charge < -0.3 is 14.5 Å². The van der Waals surface area contributed by atoms with E-state index in [-0.39, 0.29) is 17.9 Å². The Bertz CT molecular complexity index is 1280. The molecule has 2 aromatic carbocycles. The van der Waals surface area contributed by atoms with Crippen molar-refractivity contribution in [2.75, 3.05) is 6.61 Å². The topological polar surface area (TPSA) is 81.4 Å². The van der Waals surface area contributed by atoms with Gasteiger partial charge in [-0.3, -0.25) is 14.6 Å². The number of benzene rings is 2. The Labute approximate surface area is 183 Å². The van der Waals surface area contributed by atoms with Gasteiger partial charge in [0.25, 0.3) is 5.91 Å². The summed E-state index contributed by atoms with van der Waals surface area (Å²) in [5.74, 6) is 0.647. The number of aryl methyl sites for hydroxylation is 1. The summed E-state index contributed by atoms with van der Waals surface area (Å²) >= 11 is 5.95. The molecule has 0 saturated carbocycles. The van der Waals surface area contributed by atoms with Crippen molar-refractivity contribution >= 4 is 28.5 Å². The van der Waals surface area contributed by atoms with Crippen molar-refractivity contribution in [2.45, 2.75) is 13.5 Å². The highest BCUT2D eigenvalue weighted by atomic mass is 35.5. The molecule has 0 radical (unpaired) electrons. The molecular weight excluding hydrogens is 416 g/mol. The number of carbonyl (C=O) groups is 1. The fraction of sp³-hybridized carbons (Fsp3) is 0.125. The molecule has 0 unspecified atom stereocenters. The Hall–Kier alpha value is -3.64. The molecule has 0 fully saturated rings. The number of halogens is 1. The zero-order valence-corrected chi connectivity index (χ0v) is 17.5. The number of ether oxygens (including phenoxy) is 1. The van der Waals surface area contributed by atoms with Crippen LogP contribution in [0.3, 0.4) is 0 Å². The van der Waals surface area contributed by atoms with Crippen LogP contribution in [0.5, 0.6) is 5.75 Å². The van der Waals surface area contributed by atoms with Crippen LogP contribution in [0, 0.1) is 6.92 Å². The molecule has 6 nitrogen and oxygen atoms in total. The molecule has 0 aliphatic carbocycles. The molecule has 2 heterocycles. The van der Waals surface area contributed by atoms with Gasteiger partial charge in [0.1, 0.15) is 17.1 Å². The van der Waals surface area contributed by atoms with Crippen LogP contribution in [0.15, 0.2) is 76.1 Å². The van der Waals surface area contributed by atoms with Crippen molar-refractivity contribution in [1.29, 1.82) is 0 Å². The minimum Gasteiger partial charge on any atom is -0.484 e. The lowest BCUT2D eigenvalue weighted by Gasteiger charge is -2.10. The van der Waals surface area contributed by atoms with E-state index in [1.807, 2.05) is 18.2 Å². The first-order chi connectivity index (χ1) is 15.0. The molecule has 0 aliphatic heterocycles. The minimum absolute atomic E-state index is 0.138. The molecule has 0 bridgehead atoms.